The van der Waals surface area contributed by atoms with Gasteiger partial charge >= 0.3 is 0 Å². The number of hydrogen-bond acceptors (Lipinski definition) is 6. The van der Waals surface area contributed by atoms with Crippen molar-refractivity contribution >= 4 is 32.4 Å². The third-order valence-corrected chi connectivity index (χ3v) is 6.67. The number of methoxy groups -OCH3 is 2. The summed E-state index contributed by atoms with van der Waals surface area (Å²) in [7, 11) is -1.31. The highest BCUT2D eigenvalue weighted by Gasteiger charge is 2.29. The molecule has 1 amide bonds. The molecule has 3 aromatic carbocycles. The molecule has 0 saturated carbocycles. The molecule has 7 nitrogen and oxygen atoms in total. The second-order valence-electron chi connectivity index (χ2n) is 7.87. The highest BCUT2D eigenvalue weighted by atomic mass is 32.2. The van der Waals surface area contributed by atoms with Gasteiger partial charge in [0.25, 0.3) is 15.9 Å². The first-order valence-corrected chi connectivity index (χ1v) is 11.8. The summed E-state index contributed by atoms with van der Waals surface area (Å²) in [5.74, 6) is 0.132. The Bertz CT molecular complexity index is 1250. The van der Waals surface area contributed by atoms with Crippen molar-refractivity contribution in [1.82, 2.24) is 4.72 Å². The SMILES string of the molecule is COc1c(C(=O)NS(=O)(=O)c2ccccc2N)c(OC)c2ccccc2c1CCC(C)C. The van der Waals surface area contributed by atoms with Crippen LogP contribution >= 0.6 is 0 Å². The van der Waals surface area contributed by atoms with Crippen LogP contribution < -0.4 is 19.9 Å². The molecule has 0 unspecified atom stereocenters. The zero-order valence-electron chi connectivity index (χ0n) is 18.6. The minimum atomic E-state index is -4.22. The number of nitrogens with two attached hydrogens (primary N) is 1. The van der Waals surface area contributed by atoms with Gasteiger partial charge in [-0.25, -0.2) is 13.1 Å². The van der Waals surface area contributed by atoms with Crippen molar-refractivity contribution in [3.05, 3.63) is 59.7 Å². The van der Waals surface area contributed by atoms with Crippen molar-refractivity contribution in [2.24, 2.45) is 5.92 Å². The Kier molecular flexibility index (Phi) is 6.93. The average Bonchev–Trinajstić information content (AvgIpc) is 2.76. The lowest BCUT2D eigenvalue weighted by molar-refractivity contribution is 0.0975. The molecule has 0 fully saturated rings. The number of sulfonamides is 1. The Labute approximate surface area is 188 Å². The first-order valence-electron chi connectivity index (χ1n) is 10.3. The number of carbonyl (C=O) groups is 1. The molecule has 3 rings (SSSR count). The van der Waals surface area contributed by atoms with Crippen molar-refractivity contribution in [3.8, 4) is 11.5 Å². The number of rotatable bonds is 8. The van der Waals surface area contributed by atoms with Crippen molar-refractivity contribution in [2.75, 3.05) is 20.0 Å². The molecule has 0 aliphatic rings. The van der Waals surface area contributed by atoms with Crippen LogP contribution in [0.4, 0.5) is 5.69 Å². The molecule has 0 aliphatic heterocycles. The van der Waals surface area contributed by atoms with Crippen LogP contribution in [-0.4, -0.2) is 28.5 Å². The van der Waals surface area contributed by atoms with E-state index in [4.69, 9.17) is 15.2 Å². The van der Waals surface area contributed by atoms with Gasteiger partial charge in [-0.3, -0.25) is 4.79 Å². The number of fused-ring (bicyclic) bond motifs is 1. The van der Waals surface area contributed by atoms with Gasteiger partial charge in [-0.15, -0.1) is 0 Å². The molecule has 3 N–H and O–H groups in total. The van der Waals surface area contributed by atoms with Crippen molar-refractivity contribution in [3.63, 3.8) is 0 Å². The minimum Gasteiger partial charge on any atom is -0.495 e. The number of anilines is 1. The fraction of sp³-hybridized carbons (Fsp3) is 0.292. The molecular formula is C24H28N2O5S. The molecule has 0 aliphatic carbocycles. The smallest absolute Gasteiger partial charge is 0.272 e. The van der Waals surface area contributed by atoms with Crippen LogP contribution in [0, 0.1) is 5.92 Å². The Morgan fingerprint density at radius 3 is 2.16 bits per heavy atom. The average molecular weight is 457 g/mol. The predicted molar refractivity (Wildman–Crippen MR) is 126 cm³/mol. The quantitative estimate of drug-likeness (QED) is 0.493. The highest BCUT2D eigenvalue weighted by Crippen LogP contribution is 2.42. The zero-order chi connectivity index (χ0) is 23.5. The summed E-state index contributed by atoms with van der Waals surface area (Å²) >= 11 is 0. The highest BCUT2D eigenvalue weighted by molar-refractivity contribution is 7.90. The lowest BCUT2D eigenvalue weighted by Gasteiger charge is -2.21. The molecule has 0 heterocycles. The van der Waals surface area contributed by atoms with Crippen LogP contribution in [0.25, 0.3) is 10.8 Å². The number of ether oxygens (including phenoxy) is 2. The van der Waals surface area contributed by atoms with Gasteiger partial charge in [0.2, 0.25) is 0 Å². The van der Waals surface area contributed by atoms with E-state index in [-0.39, 0.29) is 21.9 Å². The lowest BCUT2D eigenvalue weighted by Crippen LogP contribution is -2.32. The molecule has 0 bridgehead atoms. The van der Waals surface area contributed by atoms with Crippen molar-refractivity contribution < 1.29 is 22.7 Å². The molecule has 0 atom stereocenters. The monoisotopic (exact) mass is 456 g/mol. The van der Waals surface area contributed by atoms with Gasteiger partial charge in [-0.05, 0) is 36.3 Å². The van der Waals surface area contributed by atoms with Crippen LogP contribution in [-0.2, 0) is 16.4 Å². The Morgan fingerprint density at radius 1 is 0.969 bits per heavy atom. The molecule has 32 heavy (non-hydrogen) atoms. The summed E-state index contributed by atoms with van der Waals surface area (Å²) in [6, 6.07) is 13.5. The van der Waals surface area contributed by atoms with Gasteiger partial charge in [0.05, 0.1) is 19.9 Å². The molecule has 170 valence electrons. The number of carbonyl (C=O) groups excluding carboxylic acids is 1. The molecule has 0 aromatic heterocycles. The topological polar surface area (TPSA) is 108 Å². The Balaban J connectivity index is 2.20. The van der Waals surface area contributed by atoms with Crippen LogP contribution in [0.2, 0.25) is 0 Å². The van der Waals surface area contributed by atoms with E-state index in [0.717, 1.165) is 17.4 Å². The molecule has 8 heteroatoms. The lowest BCUT2D eigenvalue weighted by atomic mass is 9.92. The number of benzene rings is 3. The first-order chi connectivity index (χ1) is 15.2. The van der Waals surface area contributed by atoms with Gasteiger partial charge in [0.15, 0.2) is 0 Å². The molecule has 0 radical (unpaired) electrons. The number of para-hydroxylation sites is 1. The maximum absolute atomic E-state index is 13.3. The summed E-state index contributed by atoms with van der Waals surface area (Å²) in [4.78, 5) is 13.2. The fourth-order valence-electron chi connectivity index (χ4n) is 3.73. The van der Waals surface area contributed by atoms with Crippen LogP contribution in [0.15, 0.2) is 53.4 Å². The minimum absolute atomic E-state index is 0.0329. The number of amides is 1. The number of nitrogens with one attached hydrogen (secondary N) is 1. The third kappa shape index (κ3) is 4.50. The maximum atomic E-state index is 13.3. The first kappa shape index (κ1) is 23.4. The van der Waals surface area contributed by atoms with Gasteiger partial charge in [0.1, 0.15) is 22.0 Å². The van der Waals surface area contributed by atoms with E-state index in [2.05, 4.69) is 18.6 Å². The van der Waals surface area contributed by atoms with Gasteiger partial charge in [-0.2, -0.15) is 0 Å². The van der Waals surface area contributed by atoms with E-state index in [1.165, 1.54) is 32.4 Å². The van der Waals surface area contributed by atoms with E-state index in [9.17, 15) is 13.2 Å². The van der Waals surface area contributed by atoms with Crippen molar-refractivity contribution in [2.45, 2.75) is 31.6 Å². The van der Waals surface area contributed by atoms with Gasteiger partial charge in [-0.1, -0.05) is 50.2 Å². The van der Waals surface area contributed by atoms with Crippen LogP contribution in [0.3, 0.4) is 0 Å². The normalized spacial score (nSPS) is 11.5. The summed E-state index contributed by atoms with van der Waals surface area (Å²) < 4.78 is 39.2. The fourth-order valence-corrected chi connectivity index (χ4v) is 4.83. The molecular weight excluding hydrogens is 428 g/mol. The zero-order valence-corrected chi connectivity index (χ0v) is 19.5. The molecule has 0 saturated heterocycles. The maximum Gasteiger partial charge on any atom is 0.272 e. The number of nitrogen functional groups attached to an aromatic ring is 1. The van der Waals surface area contributed by atoms with E-state index in [1.54, 1.807) is 6.07 Å². The summed E-state index contributed by atoms with van der Waals surface area (Å²) in [5, 5.41) is 1.60. The Morgan fingerprint density at radius 2 is 1.56 bits per heavy atom. The van der Waals surface area contributed by atoms with Gasteiger partial charge < -0.3 is 15.2 Å². The number of hydrogen-bond donors (Lipinski definition) is 2. The third-order valence-electron chi connectivity index (χ3n) is 5.27. The summed E-state index contributed by atoms with van der Waals surface area (Å²) in [5.41, 5.74) is 6.73. The van der Waals surface area contributed by atoms with E-state index in [0.29, 0.717) is 23.5 Å². The largest absolute Gasteiger partial charge is 0.495 e. The van der Waals surface area contributed by atoms with Crippen LogP contribution in [0.1, 0.15) is 36.2 Å². The van der Waals surface area contributed by atoms with Gasteiger partial charge in [0, 0.05) is 10.9 Å². The second-order valence-corrected chi connectivity index (χ2v) is 9.52. The van der Waals surface area contributed by atoms with Crippen LogP contribution in [0.5, 0.6) is 11.5 Å². The van der Waals surface area contributed by atoms with E-state index >= 15 is 0 Å². The summed E-state index contributed by atoms with van der Waals surface area (Å²) in [6.07, 6.45) is 1.52. The molecule has 0 spiro atoms. The standard InChI is InChI=1S/C24H28N2O5S/c1-15(2)13-14-18-16-9-5-6-10-17(16)22(30-3)21(23(18)31-4)24(27)26-32(28,29)20-12-8-7-11-19(20)25/h5-12,15H,13-14,25H2,1-4H3,(H,26,27). The van der Waals surface area contributed by atoms with Crippen molar-refractivity contribution in [1.29, 1.82) is 0 Å². The predicted octanol–water partition coefficient (Wildman–Crippen LogP) is 4.15. The van der Waals surface area contributed by atoms with E-state index in [1.807, 2.05) is 24.3 Å². The number of aryl methyl sites for hydroxylation is 1. The Hall–Kier alpha value is -3.26. The molecule has 3 aromatic rings. The summed E-state index contributed by atoms with van der Waals surface area (Å²) in [6.45, 7) is 4.23. The van der Waals surface area contributed by atoms with E-state index < -0.39 is 15.9 Å². The second kappa shape index (κ2) is 9.48.